The van der Waals surface area contributed by atoms with E-state index in [-0.39, 0.29) is 15.5 Å². The van der Waals surface area contributed by atoms with Crippen LogP contribution in [0.1, 0.15) is 5.56 Å². The van der Waals surface area contributed by atoms with Crippen LogP contribution in [0.25, 0.3) is 0 Å². The summed E-state index contributed by atoms with van der Waals surface area (Å²) in [5.41, 5.74) is 1.24. The molecule has 0 fully saturated rings. The Morgan fingerprint density at radius 1 is 0.828 bits per heavy atom. The van der Waals surface area contributed by atoms with E-state index in [2.05, 4.69) is 14.4 Å². The number of pyridine rings is 1. The van der Waals surface area contributed by atoms with Crippen LogP contribution >= 0.6 is 0 Å². The molecule has 10 heteroatoms. The molecule has 0 saturated heterocycles. The number of anilines is 2. The molecule has 0 amide bonds. The van der Waals surface area contributed by atoms with Crippen LogP contribution in [0.3, 0.4) is 0 Å². The van der Waals surface area contributed by atoms with Gasteiger partial charge >= 0.3 is 0 Å². The molecule has 29 heavy (non-hydrogen) atoms. The van der Waals surface area contributed by atoms with Gasteiger partial charge in [0.2, 0.25) is 0 Å². The summed E-state index contributed by atoms with van der Waals surface area (Å²) in [4.78, 5) is 3.92. The van der Waals surface area contributed by atoms with Crippen molar-refractivity contribution in [2.24, 2.45) is 0 Å². The minimum absolute atomic E-state index is 0.00964. The Bertz CT molecular complexity index is 1210. The number of hydrogen-bond donors (Lipinski definition) is 2. The Morgan fingerprint density at radius 3 is 2.03 bits per heavy atom. The van der Waals surface area contributed by atoms with Crippen molar-refractivity contribution in [1.29, 1.82) is 0 Å². The Labute approximate surface area is 169 Å². The van der Waals surface area contributed by atoms with Gasteiger partial charge in [0, 0.05) is 11.9 Å². The maximum Gasteiger partial charge on any atom is 0.261 e. The predicted octanol–water partition coefficient (Wildman–Crippen LogP) is 3.00. The molecule has 0 saturated carbocycles. The van der Waals surface area contributed by atoms with E-state index in [4.69, 9.17) is 4.74 Å². The first-order valence-electron chi connectivity index (χ1n) is 8.42. The second-order valence-electron chi connectivity index (χ2n) is 6.11. The standard InChI is InChI=1S/C19H19N3O5S2/c1-14-12-18(9-10-19(14)27-2)29(25,26)21-15-5-7-17(8-6-15)28(23,24)22-16-4-3-11-20-13-16/h3-13,21-22H,1-2H3. The average Bonchev–Trinajstić information content (AvgIpc) is 2.68. The smallest absolute Gasteiger partial charge is 0.261 e. The third kappa shape index (κ3) is 4.84. The molecule has 3 aromatic rings. The summed E-state index contributed by atoms with van der Waals surface area (Å²) in [5.74, 6) is 0.583. The zero-order valence-corrected chi connectivity index (χ0v) is 17.3. The number of aromatic nitrogens is 1. The summed E-state index contributed by atoms with van der Waals surface area (Å²) in [6, 6.07) is 13.1. The zero-order valence-electron chi connectivity index (χ0n) is 15.7. The Balaban J connectivity index is 1.79. The average molecular weight is 434 g/mol. The van der Waals surface area contributed by atoms with Crippen molar-refractivity contribution in [3.63, 3.8) is 0 Å². The van der Waals surface area contributed by atoms with E-state index in [1.54, 1.807) is 25.1 Å². The number of hydrogen-bond acceptors (Lipinski definition) is 6. The lowest BCUT2D eigenvalue weighted by molar-refractivity contribution is 0.411. The number of nitrogens with zero attached hydrogens (tertiary/aromatic N) is 1. The highest BCUT2D eigenvalue weighted by Gasteiger charge is 2.18. The van der Waals surface area contributed by atoms with Crippen LogP contribution in [0.5, 0.6) is 5.75 Å². The number of benzene rings is 2. The van der Waals surface area contributed by atoms with Gasteiger partial charge < -0.3 is 4.74 Å². The lowest BCUT2D eigenvalue weighted by atomic mass is 10.2. The molecule has 1 aromatic heterocycles. The number of aryl methyl sites for hydroxylation is 1. The van der Waals surface area contributed by atoms with Gasteiger partial charge in [-0.2, -0.15) is 0 Å². The number of sulfonamides is 2. The summed E-state index contributed by atoms with van der Waals surface area (Å²) in [7, 11) is -6.15. The first-order chi connectivity index (χ1) is 13.7. The van der Waals surface area contributed by atoms with Crippen molar-refractivity contribution in [2.45, 2.75) is 16.7 Å². The van der Waals surface area contributed by atoms with E-state index in [1.807, 2.05) is 0 Å². The van der Waals surface area contributed by atoms with Crippen LogP contribution in [-0.4, -0.2) is 28.9 Å². The van der Waals surface area contributed by atoms with Gasteiger partial charge in [-0.25, -0.2) is 16.8 Å². The zero-order chi connectivity index (χ0) is 21.1. The molecule has 0 unspecified atom stereocenters. The van der Waals surface area contributed by atoms with E-state index in [0.717, 1.165) is 0 Å². The van der Waals surface area contributed by atoms with Gasteiger partial charge in [0.25, 0.3) is 20.0 Å². The minimum atomic E-state index is -3.84. The molecular formula is C19H19N3O5S2. The lowest BCUT2D eigenvalue weighted by Crippen LogP contribution is -2.15. The fraction of sp³-hybridized carbons (Fsp3) is 0.105. The highest BCUT2D eigenvalue weighted by Crippen LogP contribution is 2.24. The molecule has 2 aromatic carbocycles. The third-order valence-electron chi connectivity index (χ3n) is 4.01. The highest BCUT2D eigenvalue weighted by atomic mass is 32.2. The molecule has 152 valence electrons. The van der Waals surface area contributed by atoms with Crippen molar-refractivity contribution in [3.05, 3.63) is 72.6 Å². The van der Waals surface area contributed by atoms with Crippen LogP contribution in [0.2, 0.25) is 0 Å². The van der Waals surface area contributed by atoms with E-state index in [9.17, 15) is 16.8 Å². The number of ether oxygens (including phenoxy) is 1. The maximum absolute atomic E-state index is 12.6. The Hall–Kier alpha value is -3.11. The SMILES string of the molecule is COc1ccc(S(=O)(=O)Nc2ccc(S(=O)(=O)Nc3cccnc3)cc2)cc1C. The van der Waals surface area contributed by atoms with Crippen molar-refractivity contribution >= 4 is 31.4 Å². The maximum atomic E-state index is 12.6. The normalized spacial score (nSPS) is 11.7. The quantitative estimate of drug-likeness (QED) is 0.592. The van der Waals surface area contributed by atoms with Crippen molar-refractivity contribution in [3.8, 4) is 5.75 Å². The Kier molecular flexibility index (Phi) is 5.76. The molecule has 0 bridgehead atoms. The second kappa shape index (κ2) is 8.10. The van der Waals surface area contributed by atoms with Crippen molar-refractivity contribution in [1.82, 2.24) is 4.98 Å². The van der Waals surface area contributed by atoms with Gasteiger partial charge in [-0.3, -0.25) is 14.4 Å². The number of methoxy groups -OCH3 is 1. The summed E-state index contributed by atoms with van der Waals surface area (Å²) in [5, 5.41) is 0. The highest BCUT2D eigenvalue weighted by molar-refractivity contribution is 7.93. The fourth-order valence-corrected chi connectivity index (χ4v) is 4.76. The van der Waals surface area contributed by atoms with Crippen LogP contribution in [-0.2, 0) is 20.0 Å². The van der Waals surface area contributed by atoms with Gasteiger partial charge in [-0.15, -0.1) is 0 Å². The van der Waals surface area contributed by atoms with Gasteiger partial charge in [0.05, 0.1) is 28.8 Å². The predicted molar refractivity (Wildman–Crippen MR) is 110 cm³/mol. The molecule has 0 aliphatic rings. The van der Waals surface area contributed by atoms with Crippen LogP contribution in [0, 0.1) is 6.92 Å². The number of nitrogens with one attached hydrogen (secondary N) is 2. The van der Waals surface area contributed by atoms with Crippen molar-refractivity contribution in [2.75, 3.05) is 16.6 Å². The van der Waals surface area contributed by atoms with E-state index >= 15 is 0 Å². The first-order valence-corrected chi connectivity index (χ1v) is 11.4. The van der Waals surface area contributed by atoms with Gasteiger partial charge in [0.15, 0.2) is 0 Å². The van der Waals surface area contributed by atoms with Crippen molar-refractivity contribution < 1.29 is 21.6 Å². The molecule has 0 atom stereocenters. The molecule has 0 radical (unpaired) electrons. The minimum Gasteiger partial charge on any atom is -0.496 e. The third-order valence-corrected chi connectivity index (χ3v) is 6.78. The summed E-state index contributed by atoms with van der Waals surface area (Å²) in [6.07, 6.45) is 2.92. The fourth-order valence-electron chi connectivity index (χ4n) is 2.57. The summed E-state index contributed by atoms with van der Waals surface area (Å²) in [6.45, 7) is 1.74. The van der Waals surface area contributed by atoms with Gasteiger partial charge in [-0.05, 0) is 67.1 Å². The van der Waals surface area contributed by atoms with E-state index < -0.39 is 20.0 Å². The molecule has 0 aliphatic carbocycles. The molecule has 8 nitrogen and oxygen atoms in total. The van der Waals surface area contributed by atoms with E-state index in [0.29, 0.717) is 17.0 Å². The number of rotatable bonds is 7. The molecule has 0 aliphatic heterocycles. The largest absolute Gasteiger partial charge is 0.496 e. The van der Waals surface area contributed by atoms with Crippen LogP contribution in [0.15, 0.2) is 76.8 Å². The van der Waals surface area contributed by atoms with Crippen LogP contribution < -0.4 is 14.2 Å². The van der Waals surface area contributed by atoms with Gasteiger partial charge in [0.1, 0.15) is 5.75 Å². The second-order valence-corrected chi connectivity index (χ2v) is 9.47. The van der Waals surface area contributed by atoms with E-state index in [1.165, 1.54) is 55.9 Å². The van der Waals surface area contributed by atoms with Crippen LogP contribution in [0.4, 0.5) is 11.4 Å². The topological polar surface area (TPSA) is 114 Å². The Morgan fingerprint density at radius 2 is 1.45 bits per heavy atom. The van der Waals surface area contributed by atoms with Gasteiger partial charge in [-0.1, -0.05) is 0 Å². The summed E-state index contributed by atoms with van der Waals surface area (Å²) >= 11 is 0. The summed E-state index contributed by atoms with van der Waals surface area (Å²) < 4.78 is 60.0. The molecule has 2 N–H and O–H groups in total. The molecule has 0 spiro atoms. The molecular weight excluding hydrogens is 414 g/mol. The molecule has 1 heterocycles. The first kappa shape index (κ1) is 20.6. The molecule has 3 rings (SSSR count). The monoisotopic (exact) mass is 433 g/mol. The lowest BCUT2D eigenvalue weighted by Gasteiger charge is -2.11.